The maximum absolute atomic E-state index is 12.3. The Kier molecular flexibility index (Phi) is 5.30. The van der Waals surface area contributed by atoms with Gasteiger partial charge in [0.1, 0.15) is 0 Å². The molecular formula is C15H20Cl2N2O. The third kappa shape index (κ3) is 3.27. The van der Waals surface area contributed by atoms with Gasteiger partial charge in [0.05, 0.1) is 6.04 Å². The van der Waals surface area contributed by atoms with Crippen molar-refractivity contribution >= 4 is 29.1 Å². The van der Waals surface area contributed by atoms with Crippen LogP contribution in [0, 0.1) is 0 Å². The minimum Gasteiger partial charge on any atom is -0.334 e. The molecule has 1 heterocycles. The summed E-state index contributed by atoms with van der Waals surface area (Å²) in [7, 11) is 0. The first-order chi connectivity index (χ1) is 9.54. The van der Waals surface area contributed by atoms with Crippen LogP contribution in [-0.4, -0.2) is 23.4 Å². The number of hydrogen-bond donors (Lipinski definition) is 1. The SMILES string of the molecule is CCCN1C(=O)CCCC(N)C1c1ccc(Cl)cc1Cl. The van der Waals surface area contributed by atoms with Gasteiger partial charge in [-0.15, -0.1) is 0 Å². The zero-order valence-electron chi connectivity index (χ0n) is 11.6. The van der Waals surface area contributed by atoms with Crippen molar-refractivity contribution in [3.8, 4) is 0 Å². The van der Waals surface area contributed by atoms with Gasteiger partial charge in [-0.3, -0.25) is 4.79 Å². The third-order valence-electron chi connectivity index (χ3n) is 3.74. The second-order valence-corrected chi connectivity index (χ2v) is 6.10. The zero-order chi connectivity index (χ0) is 14.7. The van der Waals surface area contributed by atoms with Crippen LogP contribution in [0.3, 0.4) is 0 Å². The van der Waals surface area contributed by atoms with Crippen molar-refractivity contribution in [1.29, 1.82) is 0 Å². The average Bonchev–Trinajstić information content (AvgIpc) is 2.52. The zero-order valence-corrected chi connectivity index (χ0v) is 13.1. The van der Waals surface area contributed by atoms with Gasteiger partial charge >= 0.3 is 0 Å². The van der Waals surface area contributed by atoms with Crippen molar-refractivity contribution in [2.75, 3.05) is 6.54 Å². The smallest absolute Gasteiger partial charge is 0.223 e. The van der Waals surface area contributed by atoms with Crippen molar-refractivity contribution in [3.05, 3.63) is 33.8 Å². The van der Waals surface area contributed by atoms with E-state index in [1.54, 1.807) is 12.1 Å². The number of nitrogens with two attached hydrogens (primary N) is 1. The van der Waals surface area contributed by atoms with Gasteiger partial charge in [0.2, 0.25) is 5.91 Å². The molecule has 0 bridgehead atoms. The van der Waals surface area contributed by atoms with Crippen molar-refractivity contribution < 1.29 is 4.79 Å². The maximum atomic E-state index is 12.3. The van der Waals surface area contributed by atoms with Gasteiger partial charge in [0.25, 0.3) is 0 Å². The number of carbonyl (C=O) groups excluding carboxylic acids is 1. The molecular weight excluding hydrogens is 295 g/mol. The number of hydrogen-bond acceptors (Lipinski definition) is 2. The normalized spacial score (nSPS) is 23.8. The molecule has 1 amide bonds. The van der Waals surface area contributed by atoms with Gasteiger partial charge in [-0.25, -0.2) is 0 Å². The molecule has 1 aromatic rings. The predicted octanol–water partition coefficient (Wildman–Crippen LogP) is 3.78. The van der Waals surface area contributed by atoms with Gasteiger partial charge in [0.15, 0.2) is 0 Å². The minimum absolute atomic E-state index is 0.0910. The predicted molar refractivity (Wildman–Crippen MR) is 83.0 cm³/mol. The lowest BCUT2D eigenvalue weighted by molar-refractivity contribution is -0.133. The van der Waals surface area contributed by atoms with Gasteiger partial charge in [-0.1, -0.05) is 36.2 Å². The molecule has 3 nitrogen and oxygen atoms in total. The fourth-order valence-corrected chi connectivity index (χ4v) is 3.34. The lowest BCUT2D eigenvalue weighted by Gasteiger charge is -2.34. The maximum Gasteiger partial charge on any atom is 0.223 e. The summed E-state index contributed by atoms with van der Waals surface area (Å²) in [5.74, 6) is 0.163. The van der Waals surface area contributed by atoms with Crippen LogP contribution in [-0.2, 0) is 4.79 Å². The third-order valence-corrected chi connectivity index (χ3v) is 4.30. The van der Waals surface area contributed by atoms with Crippen LogP contribution >= 0.6 is 23.2 Å². The Morgan fingerprint density at radius 2 is 2.15 bits per heavy atom. The molecule has 2 unspecified atom stereocenters. The summed E-state index contributed by atoms with van der Waals surface area (Å²) in [6.07, 6.45) is 3.13. The van der Waals surface area contributed by atoms with E-state index in [0.717, 1.165) is 24.8 Å². The largest absolute Gasteiger partial charge is 0.334 e. The Balaban J connectivity index is 2.42. The van der Waals surface area contributed by atoms with E-state index in [1.807, 2.05) is 11.0 Å². The van der Waals surface area contributed by atoms with Crippen LogP contribution < -0.4 is 5.73 Å². The van der Waals surface area contributed by atoms with Gasteiger partial charge in [-0.05, 0) is 37.0 Å². The second kappa shape index (κ2) is 6.79. The first-order valence-corrected chi connectivity index (χ1v) is 7.80. The van der Waals surface area contributed by atoms with Crippen LogP contribution in [0.15, 0.2) is 18.2 Å². The molecule has 0 aromatic heterocycles. The number of benzene rings is 1. The van der Waals surface area contributed by atoms with E-state index in [1.165, 1.54) is 0 Å². The van der Waals surface area contributed by atoms with Crippen molar-refractivity contribution in [3.63, 3.8) is 0 Å². The number of halogens is 2. The van der Waals surface area contributed by atoms with E-state index in [-0.39, 0.29) is 18.0 Å². The van der Waals surface area contributed by atoms with E-state index >= 15 is 0 Å². The molecule has 2 rings (SSSR count). The van der Waals surface area contributed by atoms with E-state index in [2.05, 4.69) is 6.92 Å². The van der Waals surface area contributed by atoms with E-state index < -0.39 is 0 Å². The highest BCUT2D eigenvalue weighted by Crippen LogP contribution is 2.35. The van der Waals surface area contributed by atoms with Crippen LogP contribution in [0.5, 0.6) is 0 Å². The fraction of sp³-hybridized carbons (Fsp3) is 0.533. The Bertz CT molecular complexity index is 493. The highest BCUT2D eigenvalue weighted by atomic mass is 35.5. The van der Waals surface area contributed by atoms with Crippen molar-refractivity contribution in [2.45, 2.75) is 44.7 Å². The summed E-state index contributed by atoms with van der Waals surface area (Å²) in [6.45, 7) is 2.76. The molecule has 2 atom stereocenters. The molecule has 1 saturated heterocycles. The number of nitrogens with zero attached hydrogens (tertiary/aromatic N) is 1. The summed E-state index contributed by atoms with van der Waals surface area (Å²) >= 11 is 12.3. The number of rotatable bonds is 3. The van der Waals surface area contributed by atoms with Crippen LogP contribution in [0.4, 0.5) is 0 Å². The number of likely N-dealkylation sites (tertiary alicyclic amines) is 1. The van der Waals surface area contributed by atoms with E-state index in [9.17, 15) is 4.79 Å². The van der Waals surface area contributed by atoms with E-state index in [4.69, 9.17) is 28.9 Å². The van der Waals surface area contributed by atoms with Crippen molar-refractivity contribution in [1.82, 2.24) is 4.90 Å². The summed E-state index contributed by atoms with van der Waals surface area (Å²) in [5.41, 5.74) is 7.21. The Hall–Kier alpha value is -0.770. The standard InChI is InChI=1S/C15H20Cl2N2O/c1-2-8-19-14(20)5-3-4-13(18)15(19)11-7-6-10(16)9-12(11)17/h6-7,9,13,15H,2-5,8,18H2,1H3. The topological polar surface area (TPSA) is 46.3 Å². The molecule has 2 N–H and O–H groups in total. The van der Waals surface area contributed by atoms with Gasteiger partial charge in [0, 0.05) is 29.1 Å². The summed E-state index contributed by atoms with van der Waals surface area (Å²) in [5, 5.41) is 1.17. The Morgan fingerprint density at radius 1 is 1.40 bits per heavy atom. The molecule has 5 heteroatoms. The second-order valence-electron chi connectivity index (χ2n) is 5.25. The molecule has 110 valence electrons. The molecule has 20 heavy (non-hydrogen) atoms. The van der Waals surface area contributed by atoms with Crippen molar-refractivity contribution in [2.24, 2.45) is 5.73 Å². The Morgan fingerprint density at radius 3 is 2.80 bits per heavy atom. The lowest BCUT2D eigenvalue weighted by Crippen LogP contribution is -2.42. The quantitative estimate of drug-likeness (QED) is 0.922. The number of amides is 1. The summed E-state index contributed by atoms with van der Waals surface area (Å²) < 4.78 is 0. The Labute approximate surface area is 130 Å². The molecule has 1 aliphatic rings. The van der Waals surface area contributed by atoms with Gasteiger partial charge < -0.3 is 10.6 Å². The van der Waals surface area contributed by atoms with Gasteiger partial charge in [-0.2, -0.15) is 0 Å². The van der Waals surface area contributed by atoms with Crippen LogP contribution in [0.1, 0.15) is 44.2 Å². The molecule has 1 fully saturated rings. The first-order valence-electron chi connectivity index (χ1n) is 7.04. The first kappa shape index (κ1) is 15.6. The minimum atomic E-state index is -0.158. The molecule has 0 radical (unpaired) electrons. The van der Waals surface area contributed by atoms with E-state index in [0.29, 0.717) is 23.0 Å². The summed E-state index contributed by atoms with van der Waals surface area (Å²) in [4.78, 5) is 14.2. The molecule has 0 spiro atoms. The number of carbonyl (C=O) groups is 1. The average molecular weight is 315 g/mol. The van der Waals surface area contributed by atoms with Crippen LogP contribution in [0.2, 0.25) is 10.0 Å². The fourth-order valence-electron chi connectivity index (χ4n) is 2.82. The monoisotopic (exact) mass is 314 g/mol. The molecule has 1 aromatic carbocycles. The van der Waals surface area contributed by atoms with Crippen LogP contribution in [0.25, 0.3) is 0 Å². The molecule has 1 aliphatic heterocycles. The molecule has 0 saturated carbocycles. The highest BCUT2D eigenvalue weighted by molar-refractivity contribution is 6.35. The lowest BCUT2D eigenvalue weighted by atomic mass is 9.96. The summed E-state index contributed by atoms with van der Waals surface area (Å²) in [6, 6.07) is 5.15. The molecule has 0 aliphatic carbocycles. The highest BCUT2D eigenvalue weighted by Gasteiger charge is 2.33.